The number of fused-ring (bicyclic) bond motifs is 1. The molecule has 0 aliphatic carbocycles. The van der Waals surface area contributed by atoms with Crippen LogP contribution in [0.5, 0.6) is 0 Å². The van der Waals surface area contributed by atoms with Crippen molar-refractivity contribution < 1.29 is 9.13 Å². The fraction of sp³-hybridized carbons (Fsp3) is 0.455. The normalized spacial score (nSPS) is 20.9. The molecule has 17 heavy (non-hydrogen) atoms. The second kappa shape index (κ2) is 4.34. The second-order valence-electron chi connectivity index (χ2n) is 4.16. The Morgan fingerprint density at radius 3 is 3.12 bits per heavy atom. The zero-order valence-electron chi connectivity index (χ0n) is 9.07. The molecular weight excluding hydrogens is 289 g/mol. The van der Waals surface area contributed by atoms with Gasteiger partial charge in [0.25, 0.3) is 0 Å². The SMILES string of the molecule is Fc1cc2nnn(C3CCCOC3)c2cc1Br. The first-order valence-corrected chi connectivity index (χ1v) is 6.32. The summed E-state index contributed by atoms with van der Waals surface area (Å²) in [4.78, 5) is 0. The molecule has 1 saturated heterocycles. The summed E-state index contributed by atoms with van der Waals surface area (Å²) in [5.41, 5.74) is 1.42. The summed E-state index contributed by atoms with van der Waals surface area (Å²) in [6.07, 6.45) is 2.04. The summed E-state index contributed by atoms with van der Waals surface area (Å²) >= 11 is 3.18. The van der Waals surface area contributed by atoms with Crippen LogP contribution in [-0.2, 0) is 4.74 Å². The van der Waals surface area contributed by atoms with Crippen LogP contribution >= 0.6 is 15.9 Å². The summed E-state index contributed by atoms with van der Waals surface area (Å²) in [7, 11) is 0. The summed E-state index contributed by atoms with van der Waals surface area (Å²) in [5.74, 6) is -0.315. The highest BCUT2D eigenvalue weighted by Gasteiger charge is 2.20. The van der Waals surface area contributed by atoms with Crippen LogP contribution in [0.4, 0.5) is 4.39 Å². The zero-order valence-corrected chi connectivity index (χ0v) is 10.7. The molecule has 1 aliphatic rings. The maximum atomic E-state index is 13.4. The molecule has 0 saturated carbocycles. The highest BCUT2D eigenvalue weighted by Crippen LogP contribution is 2.26. The van der Waals surface area contributed by atoms with Crippen molar-refractivity contribution in [2.75, 3.05) is 13.2 Å². The number of hydrogen-bond donors (Lipinski definition) is 0. The van der Waals surface area contributed by atoms with Crippen LogP contribution in [0, 0.1) is 5.82 Å². The van der Waals surface area contributed by atoms with Gasteiger partial charge in [0.1, 0.15) is 11.3 Å². The van der Waals surface area contributed by atoms with Crippen LogP contribution in [0.25, 0.3) is 11.0 Å². The lowest BCUT2D eigenvalue weighted by molar-refractivity contribution is 0.0558. The molecule has 90 valence electrons. The summed E-state index contributed by atoms with van der Waals surface area (Å²) in [5, 5.41) is 8.09. The number of benzene rings is 1. The standard InChI is InChI=1S/C11H11BrFN3O/c12-8-4-11-10(5-9(8)13)14-15-16(11)7-2-1-3-17-6-7/h4-5,7H,1-3,6H2. The van der Waals surface area contributed by atoms with E-state index < -0.39 is 0 Å². The highest BCUT2D eigenvalue weighted by atomic mass is 79.9. The van der Waals surface area contributed by atoms with Gasteiger partial charge in [-0.2, -0.15) is 0 Å². The lowest BCUT2D eigenvalue weighted by atomic mass is 10.1. The van der Waals surface area contributed by atoms with E-state index in [1.807, 2.05) is 4.68 Å². The minimum absolute atomic E-state index is 0.200. The molecule has 1 atom stereocenters. The minimum Gasteiger partial charge on any atom is -0.379 e. The fourth-order valence-electron chi connectivity index (χ4n) is 2.12. The van der Waals surface area contributed by atoms with Gasteiger partial charge in [0, 0.05) is 12.7 Å². The molecule has 4 nitrogen and oxygen atoms in total. The Kier molecular flexibility index (Phi) is 2.84. The summed E-state index contributed by atoms with van der Waals surface area (Å²) in [6.45, 7) is 1.45. The number of hydrogen-bond acceptors (Lipinski definition) is 3. The Labute approximate surface area is 106 Å². The predicted molar refractivity (Wildman–Crippen MR) is 64.3 cm³/mol. The Morgan fingerprint density at radius 2 is 2.35 bits per heavy atom. The number of nitrogens with zero attached hydrogens (tertiary/aromatic N) is 3. The largest absolute Gasteiger partial charge is 0.379 e. The van der Waals surface area contributed by atoms with Gasteiger partial charge in [-0.1, -0.05) is 5.21 Å². The third kappa shape index (κ3) is 1.95. The third-order valence-electron chi connectivity index (χ3n) is 3.00. The summed E-state index contributed by atoms with van der Waals surface area (Å²) < 4.78 is 21.1. The third-order valence-corrected chi connectivity index (χ3v) is 3.60. The molecule has 1 aromatic carbocycles. The van der Waals surface area contributed by atoms with Crippen LogP contribution < -0.4 is 0 Å². The Bertz CT molecular complexity index is 551. The number of ether oxygens (including phenoxy) is 1. The number of rotatable bonds is 1. The van der Waals surface area contributed by atoms with Crippen LogP contribution in [0.3, 0.4) is 0 Å². The molecule has 1 fully saturated rings. The zero-order chi connectivity index (χ0) is 11.8. The van der Waals surface area contributed by atoms with Crippen molar-refractivity contribution in [3.63, 3.8) is 0 Å². The molecule has 0 spiro atoms. The summed E-state index contributed by atoms with van der Waals surface area (Å²) in [6, 6.07) is 3.32. The van der Waals surface area contributed by atoms with Crippen molar-refractivity contribution in [1.82, 2.24) is 15.0 Å². The molecule has 0 bridgehead atoms. The molecular formula is C11H11BrFN3O. The van der Waals surface area contributed by atoms with Gasteiger partial charge in [-0.25, -0.2) is 9.07 Å². The quantitative estimate of drug-likeness (QED) is 0.813. The molecule has 2 aromatic rings. The van der Waals surface area contributed by atoms with E-state index >= 15 is 0 Å². The Morgan fingerprint density at radius 1 is 1.47 bits per heavy atom. The first kappa shape index (κ1) is 11.1. The fourth-order valence-corrected chi connectivity index (χ4v) is 2.45. The first-order valence-electron chi connectivity index (χ1n) is 5.53. The second-order valence-corrected chi connectivity index (χ2v) is 5.01. The van der Waals surface area contributed by atoms with Gasteiger partial charge in [0.2, 0.25) is 0 Å². The monoisotopic (exact) mass is 299 g/mol. The average molecular weight is 300 g/mol. The van der Waals surface area contributed by atoms with Gasteiger partial charge in [-0.15, -0.1) is 5.10 Å². The molecule has 3 rings (SSSR count). The first-order chi connectivity index (χ1) is 8.25. The van der Waals surface area contributed by atoms with E-state index in [2.05, 4.69) is 26.2 Å². The van der Waals surface area contributed by atoms with E-state index in [-0.39, 0.29) is 11.9 Å². The van der Waals surface area contributed by atoms with Gasteiger partial charge in [0.15, 0.2) is 0 Å². The van der Waals surface area contributed by atoms with Crippen molar-refractivity contribution in [2.24, 2.45) is 0 Å². The van der Waals surface area contributed by atoms with Crippen molar-refractivity contribution in [3.05, 3.63) is 22.4 Å². The number of halogens is 2. The highest BCUT2D eigenvalue weighted by molar-refractivity contribution is 9.10. The lowest BCUT2D eigenvalue weighted by Crippen LogP contribution is -2.22. The van der Waals surface area contributed by atoms with E-state index in [1.54, 1.807) is 6.07 Å². The molecule has 1 aliphatic heterocycles. The Hall–Kier alpha value is -1.01. The van der Waals surface area contributed by atoms with E-state index in [0.717, 1.165) is 25.0 Å². The van der Waals surface area contributed by atoms with Crippen LogP contribution in [0.15, 0.2) is 16.6 Å². The molecule has 0 amide bonds. The van der Waals surface area contributed by atoms with Crippen molar-refractivity contribution in [1.29, 1.82) is 0 Å². The molecule has 1 aromatic heterocycles. The van der Waals surface area contributed by atoms with E-state index in [4.69, 9.17) is 4.74 Å². The average Bonchev–Trinajstić information content (AvgIpc) is 2.74. The maximum Gasteiger partial charge on any atom is 0.139 e. The van der Waals surface area contributed by atoms with Crippen LogP contribution in [-0.4, -0.2) is 28.2 Å². The molecule has 1 unspecified atom stereocenters. The van der Waals surface area contributed by atoms with E-state index in [9.17, 15) is 4.39 Å². The molecule has 2 heterocycles. The smallest absolute Gasteiger partial charge is 0.139 e. The lowest BCUT2D eigenvalue weighted by Gasteiger charge is -2.22. The molecule has 0 N–H and O–H groups in total. The van der Waals surface area contributed by atoms with E-state index in [0.29, 0.717) is 16.6 Å². The topological polar surface area (TPSA) is 39.9 Å². The van der Waals surface area contributed by atoms with Crippen LogP contribution in [0.1, 0.15) is 18.9 Å². The maximum absolute atomic E-state index is 13.4. The van der Waals surface area contributed by atoms with Crippen molar-refractivity contribution in [2.45, 2.75) is 18.9 Å². The van der Waals surface area contributed by atoms with Gasteiger partial charge in [-0.05, 0) is 34.8 Å². The molecule has 0 radical (unpaired) electrons. The van der Waals surface area contributed by atoms with Gasteiger partial charge >= 0.3 is 0 Å². The Balaban J connectivity index is 2.07. The predicted octanol–water partition coefficient (Wildman–Crippen LogP) is 2.68. The van der Waals surface area contributed by atoms with Crippen molar-refractivity contribution in [3.8, 4) is 0 Å². The minimum atomic E-state index is -0.315. The number of aromatic nitrogens is 3. The van der Waals surface area contributed by atoms with Gasteiger partial charge in [-0.3, -0.25) is 0 Å². The van der Waals surface area contributed by atoms with Gasteiger partial charge < -0.3 is 4.74 Å². The molecule has 6 heteroatoms. The van der Waals surface area contributed by atoms with Gasteiger partial charge in [0.05, 0.1) is 22.6 Å². The van der Waals surface area contributed by atoms with E-state index in [1.165, 1.54) is 6.07 Å². The van der Waals surface area contributed by atoms with Crippen molar-refractivity contribution >= 4 is 27.0 Å². The van der Waals surface area contributed by atoms with Crippen LogP contribution in [0.2, 0.25) is 0 Å².